The van der Waals surface area contributed by atoms with E-state index >= 15 is 0 Å². The van der Waals surface area contributed by atoms with Gasteiger partial charge in [0.25, 0.3) is 5.56 Å². The summed E-state index contributed by atoms with van der Waals surface area (Å²) in [5.74, 6) is -2.83. The molecule has 2 aromatic carbocycles. The molecule has 0 saturated heterocycles. The molecular formula is C21H14Cl2F3N5O3. The summed E-state index contributed by atoms with van der Waals surface area (Å²) in [5.41, 5.74) is -1.51. The Morgan fingerprint density at radius 2 is 1.88 bits per heavy atom. The van der Waals surface area contributed by atoms with Crippen LogP contribution in [0.1, 0.15) is 23.5 Å². The van der Waals surface area contributed by atoms with Crippen molar-refractivity contribution in [2.75, 3.05) is 16.0 Å². The smallest absolute Gasteiger partial charge is 0.326 e. The Kier molecular flexibility index (Phi) is 6.24. The molecule has 2 heterocycles. The van der Waals surface area contributed by atoms with Crippen molar-refractivity contribution in [2.45, 2.75) is 18.5 Å². The van der Waals surface area contributed by atoms with Gasteiger partial charge in [-0.1, -0.05) is 29.3 Å². The molecule has 0 spiro atoms. The van der Waals surface area contributed by atoms with Crippen molar-refractivity contribution in [3.05, 3.63) is 74.0 Å². The Hall–Kier alpha value is -3.57. The standard InChI is InChI=1S/C21H14Cl2F3N5O3/c22-10-4-5-14(13(23)7-10)28-18(33)12-8-15(32)29-17-16(12)19(34)31-20(30-17)27-11-3-1-2-9(6-11)21(24,25)26/h1-7,12H,8H2,(H,28,33)(H3,27,29,30,31,32,34). The van der Waals surface area contributed by atoms with Gasteiger partial charge in [-0.3, -0.25) is 19.4 Å². The molecule has 3 aromatic rings. The van der Waals surface area contributed by atoms with Crippen LogP contribution in [0.4, 0.5) is 36.3 Å². The molecule has 4 rings (SSSR count). The SMILES string of the molecule is O=C1CC(C(=O)Nc2ccc(Cl)cc2Cl)c2c(nc(Nc3cccc(C(F)(F)F)c3)[nH]c2=O)N1. The molecule has 1 aliphatic rings. The Balaban J connectivity index is 1.63. The molecule has 0 bridgehead atoms. The molecule has 0 aliphatic carbocycles. The molecule has 176 valence electrons. The highest BCUT2D eigenvalue weighted by Gasteiger charge is 2.35. The summed E-state index contributed by atoms with van der Waals surface area (Å²) in [7, 11) is 0. The normalized spacial score (nSPS) is 15.3. The highest BCUT2D eigenvalue weighted by Crippen LogP contribution is 2.33. The van der Waals surface area contributed by atoms with Crippen molar-refractivity contribution < 1.29 is 22.8 Å². The highest BCUT2D eigenvalue weighted by atomic mass is 35.5. The maximum absolute atomic E-state index is 13.0. The second-order valence-corrected chi connectivity index (χ2v) is 8.14. The first-order valence-electron chi connectivity index (χ1n) is 9.65. The number of alkyl halides is 3. The maximum atomic E-state index is 13.0. The zero-order chi connectivity index (χ0) is 24.6. The van der Waals surface area contributed by atoms with Crippen molar-refractivity contribution in [2.24, 2.45) is 0 Å². The minimum absolute atomic E-state index is 0.00624. The van der Waals surface area contributed by atoms with Crippen molar-refractivity contribution >= 4 is 58.2 Å². The van der Waals surface area contributed by atoms with Crippen LogP contribution in [-0.4, -0.2) is 21.8 Å². The molecule has 1 aliphatic heterocycles. The molecular weight excluding hydrogens is 498 g/mol. The molecule has 8 nitrogen and oxygen atoms in total. The molecule has 1 atom stereocenters. The van der Waals surface area contributed by atoms with E-state index < -0.39 is 35.0 Å². The van der Waals surface area contributed by atoms with E-state index in [4.69, 9.17) is 23.2 Å². The quantitative estimate of drug-likeness (QED) is 0.397. The number of hydrogen-bond donors (Lipinski definition) is 4. The van der Waals surface area contributed by atoms with Crippen molar-refractivity contribution in [1.29, 1.82) is 0 Å². The topological polar surface area (TPSA) is 116 Å². The van der Waals surface area contributed by atoms with E-state index in [0.717, 1.165) is 12.1 Å². The summed E-state index contributed by atoms with van der Waals surface area (Å²) in [6.45, 7) is 0. The van der Waals surface area contributed by atoms with Gasteiger partial charge in [-0.05, 0) is 36.4 Å². The van der Waals surface area contributed by atoms with E-state index in [-0.39, 0.29) is 40.1 Å². The lowest BCUT2D eigenvalue weighted by atomic mass is 9.92. The van der Waals surface area contributed by atoms with E-state index in [1.165, 1.54) is 30.3 Å². The number of carbonyl (C=O) groups excluding carboxylic acids is 2. The molecule has 0 saturated carbocycles. The van der Waals surface area contributed by atoms with Crippen LogP contribution in [0.3, 0.4) is 0 Å². The number of aromatic amines is 1. The van der Waals surface area contributed by atoms with Crippen LogP contribution in [0.5, 0.6) is 0 Å². The second kappa shape index (κ2) is 8.99. The van der Waals surface area contributed by atoms with Gasteiger partial charge in [0.1, 0.15) is 5.82 Å². The zero-order valence-electron chi connectivity index (χ0n) is 16.9. The fourth-order valence-electron chi connectivity index (χ4n) is 3.38. The number of H-pyrrole nitrogens is 1. The summed E-state index contributed by atoms with van der Waals surface area (Å²) in [5, 5.41) is 8.06. The largest absolute Gasteiger partial charge is 0.416 e. The maximum Gasteiger partial charge on any atom is 0.416 e. The van der Waals surface area contributed by atoms with Crippen molar-refractivity contribution in [3.63, 3.8) is 0 Å². The average Bonchev–Trinajstić information content (AvgIpc) is 2.74. The number of hydrogen-bond acceptors (Lipinski definition) is 5. The summed E-state index contributed by atoms with van der Waals surface area (Å²) >= 11 is 11.9. The lowest BCUT2D eigenvalue weighted by molar-refractivity contribution is -0.137. The first-order chi connectivity index (χ1) is 16.0. The Bertz CT molecular complexity index is 1360. The molecule has 1 unspecified atom stereocenters. The summed E-state index contributed by atoms with van der Waals surface area (Å²) in [4.78, 5) is 44.4. The van der Waals surface area contributed by atoms with Gasteiger partial charge in [-0.15, -0.1) is 0 Å². The lowest BCUT2D eigenvalue weighted by Gasteiger charge is -2.24. The minimum Gasteiger partial charge on any atom is -0.326 e. The third kappa shape index (κ3) is 5.00. The van der Waals surface area contributed by atoms with E-state index in [1.54, 1.807) is 0 Å². The second-order valence-electron chi connectivity index (χ2n) is 7.30. The average molecular weight is 512 g/mol. The van der Waals surface area contributed by atoms with Gasteiger partial charge in [0.15, 0.2) is 0 Å². The van der Waals surface area contributed by atoms with Crippen molar-refractivity contribution in [3.8, 4) is 0 Å². The van der Waals surface area contributed by atoms with E-state index in [0.29, 0.717) is 5.02 Å². The Morgan fingerprint density at radius 3 is 2.59 bits per heavy atom. The van der Waals surface area contributed by atoms with E-state index in [9.17, 15) is 27.6 Å². The number of aromatic nitrogens is 2. The fraction of sp³-hybridized carbons (Fsp3) is 0.143. The molecule has 1 aromatic heterocycles. The lowest BCUT2D eigenvalue weighted by Crippen LogP contribution is -2.36. The summed E-state index contributed by atoms with van der Waals surface area (Å²) in [6.07, 6.45) is -4.88. The van der Waals surface area contributed by atoms with Crippen LogP contribution in [-0.2, 0) is 15.8 Å². The van der Waals surface area contributed by atoms with Crippen LogP contribution in [0.2, 0.25) is 10.0 Å². The van der Waals surface area contributed by atoms with Gasteiger partial charge < -0.3 is 16.0 Å². The number of fused-ring (bicyclic) bond motifs is 1. The van der Waals surface area contributed by atoms with Crippen LogP contribution < -0.4 is 21.5 Å². The van der Waals surface area contributed by atoms with Crippen molar-refractivity contribution in [1.82, 2.24) is 9.97 Å². The number of nitrogens with zero attached hydrogens (tertiary/aromatic N) is 1. The number of rotatable bonds is 4. The number of anilines is 4. The molecule has 2 amide bonds. The molecule has 34 heavy (non-hydrogen) atoms. The van der Waals surface area contributed by atoms with Crippen LogP contribution in [0, 0.1) is 0 Å². The molecule has 13 heteroatoms. The van der Waals surface area contributed by atoms with Crippen LogP contribution in [0.25, 0.3) is 0 Å². The predicted molar refractivity (Wildman–Crippen MR) is 121 cm³/mol. The van der Waals surface area contributed by atoms with Gasteiger partial charge in [0, 0.05) is 17.1 Å². The number of benzene rings is 2. The fourth-order valence-corrected chi connectivity index (χ4v) is 3.83. The Labute approximate surface area is 199 Å². The minimum atomic E-state index is -4.56. The number of halogens is 5. The van der Waals surface area contributed by atoms with Gasteiger partial charge >= 0.3 is 6.18 Å². The first-order valence-corrected chi connectivity index (χ1v) is 10.4. The number of nitrogens with one attached hydrogen (secondary N) is 4. The van der Waals surface area contributed by atoms with Gasteiger partial charge in [-0.25, -0.2) is 0 Å². The zero-order valence-corrected chi connectivity index (χ0v) is 18.4. The van der Waals surface area contributed by atoms with E-state index in [1.807, 2.05) is 0 Å². The van der Waals surface area contributed by atoms with Crippen LogP contribution in [0.15, 0.2) is 47.3 Å². The number of carbonyl (C=O) groups is 2. The first kappa shape index (κ1) is 23.6. The summed E-state index contributed by atoms with van der Waals surface area (Å²) < 4.78 is 38.9. The molecule has 0 radical (unpaired) electrons. The predicted octanol–water partition coefficient (Wildman–Crippen LogP) is 4.90. The Morgan fingerprint density at radius 1 is 1.12 bits per heavy atom. The van der Waals surface area contributed by atoms with Gasteiger partial charge in [0.05, 0.1) is 27.8 Å². The number of amides is 2. The van der Waals surface area contributed by atoms with Gasteiger partial charge in [-0.2, -0.15) is 18.2 Å². The van der Waals surface area contributed by atoms with Gasteiger partial charge in [0.2, 0.25) is 17.8 Å². The monoisotopic (exact) mass is 511 g/mol. The molecule has 0 fully saturated rings. The third-order valence-corrected chi connectivity index (χ3v) is 5.46. The summed E-state index contributed by atoms with van der Waals surface area (Å²) in [6, 6.07) is 8.65. The van der Waals surface area contributed by atoms with Crippen LogP contribution >= 0.6 is 23.2 Å². The van der Waals surface area contributed by atoms with E-state index in [2.05, 4.69) is 25.9 Å². The highest BCUT2D eigenvalue weighted by molar-refractivity contribution is 6.36. The third-order valence-electron chi connectivity index (χ3n) is 4.91. The molecule has 4 N–H and O–H groups in total.